The molecule has 0 spiro atoms. The molecular formula is C22H27FNO2+. The van der Waals surface area contributed by atoms with Crippen molar-refractivity contribution in [2.45, 2.75) is 25.2 Å². The van der Waals surface area contributed by atoms with Crippen LogP contribution in [0.25, 0.3) is 0 Å². The summed E-state index contributed by atoms with van der Waals surface area (Å²) >= 11 is 0. The Labute approximate surface area is 154 Å². The van der Waals surface area contributed by atoms with Crippen molar-refractivity contribution >= 4 is 0 Å². The number of fused-ring (bicyclic) bond motifs is 1. The van der Waals surface area contributed by atoms with Crippen LogP contribution in [0.1, 0.15) is 29.9 Å². The fourth-order valence-electron chi connectivity index (χ4n) is 4.47. The van der Waals surface area contributed by atoms with E-state index in [1.807, 2.05) is 18.2 Å². The summed E-state index contributed by atoms with van der Waals surface area (Å²) in [4.78, 5) is 0. The second-order valence-electron chi connectivity index (χ2n) is 8.28. The van der Waals surface area contributed by atoms with E-state index < -0.39 is 0 Å². The van der Waals surface area contributed by atoms with Gasteiger partial charge < -0.3 is 14.0 Å². The van der Waals surface area contributed by atoms with E-state index in [9.17, 15) is 4.39 Å². The third kappa shape index (κ3) is 3.70. The molecule has 2 aromatic carbocycles. The monoisotopic (exact) mass is 356 g/mol. The average Bonchev–Trinajstić information content (AvgIpc) is 3.08. The highest BCUT2D eigenvalue weighted by Crippen LogP contribution is 2.38. The van der Waals surface area contributed by atoms with Crippen LogP contribution >= 0.6 is 0 Å². The summed E-state index contributed by atoms with van der Waals surface area (Å²) in [5.41, 5.74) is 2.57. The van der Waals surface area contributed by atoms with Crippen LogP contribution < -0.4 is 9.47 Å². The van der Waals surface area contributed by atoms with E-state index >= 15 is 0 Å². The highest BCUT2D eigenvalue weighted by atomic mass is 19.1. The number of hydrogen-bond donors (Lipinski definition) is 0. The van der Waals surface area contributed by atoms with Gasteiger partial charge in [-0.2, -0.15) is 0 Å². The van der Waals surface area contributed by atoms with Crippen molar-refractivity contribution in [3.05, 3.63) is 59.4 Å². The lowest BCUT2D eigenvalue weighted by atomic mass is 9.77. The average molecular weight is 356 g/mol. The number of likely N-dealkylation sites (tertiary alicyclic amines) is 1. The number of quaternary nitrogens is 1. The number of ether oxygens (including phenoxy) is 2. The number of halogens is 1. The van der Waals surface area contributed by atoms with Crippen molar-refractivity contribution in [3.8, 4) is 11.5 Å². The quantitative estimate of drug-likeness (QED) is 0.758. The van der Waals surface area contributed by atoms with Gasteiger partial charge in [-0.25, -0.2) is 4.39 Å². The van der Waals surface area contributed by atoms with E-state index in [4.69, 9.17) is 9.47 Å². The van der Waals surface area contributed by atoms with Gasteiger partial charge in [-0.3, -0.25) is 0 Å². The van der Waals surface area contributed by atoms with Crippen LogP contribution in [0.5, 0.6) is 11.5 Å². The lowest BCUT2D eigenvalue weighted by Crippen LogP contribution is -2.50. The van der Waals surface area contributed by atoms with Crippen molar-refractivity contribution in [3.63, 3.8) is 0 Å². The van der Waals surface area contributed by atoms with Crippen molar-refractivity contribution in [2.24, 2.45) is 5.92 Å². The Morgan fingerprint density at radius 1 is 1.04 bits per heavy atom. The van der Waals surface area contributed by atoms with Crippen molar-refractivity contribution in [1.82, 2.24) is 0 Å². The summed E-state index contributed by atoms with van der Waals surface area (Å²) < 4.78 is 25.3. The molecule has 0 bridgehead atoms. The number of aryl methyl sites for hydroxylation is 1. The minimum atomic E-state index is -0.155. The summed E-state index contributed by atoms with van der Waals surface area (Å²) in [7, 11) is 4.63. The third-order valence-electron chi connectivity index (χ3n) is 5.88. The molecule has 138 valence electrons. The minimum absolute atomic E-state index is 0.155. The van der Waals surface area contributed by atoms with Gasteiger partial charge >= 0.3 is 0 Å². The largest absolute Gasteiger partial charge is 0.454 e. The van der Waals surface area contributed by atoms with Crippen molar-refractivity contribution in [2.75, 3.05) is 34.0 Å². The van der Waals surface area contributed by atoms with Crippen LogP contribution in [-0.4, -0.2) is 38.5 Å². The maximum atomic E-state index is 13.3. The fourth-order valence-corrected chi connectivity index (χ4v) is 4.47. The number of hydrogen-bond acceptors (Lipinski definition) is 2. The van der Waals surface area contributed by atoms with Crippen LogP contribution in [-0.2, 0) is 6.42 Å². The predicted molar refractivity (Wildman–Crippen MR) is 100.0 cm³/mol. The van der Waals surface area contributed by atoms with E-state index in [1.54, 1.807) is 12.1 Å². The second kappa shape index (κ2) is 6.92. The first-order valence-corrected chi connectivity index (χ1v) is 9.46. The van der Waals surface area contributed by atoms with Gasteiger partial charge in [-0.05, 0) is 54.2 Å². The van der Waals surface area contributed by atoms with Gasteiger partial charge in [0.1, 0.15) is 5.82 Å². The minimum Gasteiger partial charge on any atom is -0.454 e. The smallest absolute Gasteiger partial charge is 0.231 e. The highest BCUT2D eigenvalue weighted by Gasteiger charge is 2.35. The first kappa shape index (κ1) is 17.3. The van der Waals surface area contributed by atoms with E-state index in [2.05, 4.69) is 26.2 Å². The van der Waals surface area contributed by atoms with Crippen LogP contribution in [0.3, 0.4) is 0 Å². The lowest BCUT2D eigenvalue weighted by molar-refractivity contribution is -0.899. The standard InChI is InChI=1S/C22H27FNO2/c1-24(2)12-11-20(17-6-8-19(23)9-7-17)18(14-24)5-3-16-4-10-21-22(13-16)26-15-25-21/h4,6-10,13,18,20H,3,5,11-12,14-15H2,1-2H3/q+1/t18-,20+/m1/s1. The zero-order valence-corrected chi connectivity index (χ0v) is 15.6. The van der Waals surface area contributed by atoms with E-state index in [0.717, 1.165) is 41.8 Å². The lowest BCUT2D eigenvalue weighted by Gasteiger charge is -2.43. The van der Waals surface area contributed by atoms with Crippen molar-refractivity contribution < 1.29 is 18.3 Å². The number of piperidine rings is 1. The van der Waals surface area contributed by atoms with Gasteiger partial charge in [0.2, 0.25) is 6.79 Å². The van der Waals surface area contributed by atoms with Gasteiger partial charge in [0.05, 0.1) is 27.2 Å². The molecule has 3 nitrogen and oxygen atoms in total. The molecule has 2 atom stereocenters. The predicted octanol–water partition coefficient (Wildman–Crippen LogP) is 4.37. The van der Waals surface area contributed by atoms with Crippen LogP contribution in [0, 0.1) is 11.7 Å². The molecule has 2 aliphatic rings. The van der Waals surface area contributed by atoms with Crippen LogP contribution in [0.15, 0.2) is 42.5 Å². The molecular weight excluding hydrogens is 329 g/mol. The fraction of sp³-hybridized carbons (Fsp3) is 0.455. The van der Waals surface area contributed by atoms with Gasteiger partial charge in [0.15, 0.2) is 11.5 Å². The summed E-state index contributed by atoms with van der Waals surface area (Å²) in [6.07, 6.45) is 3.31. The molecule has 0 unspecified atom stereocenters. The van der Waals surface area contributed by atoms with Crippen molar-refractivity contribution in [1.29, 1.82) is 0 Å². The molecule has 26 heavy (non-hydrogen) atoms. The Morgan fingerprint density at radius 3 is 2.62 bits per heavy atom. The molecule has 4 heteroatoms. The highest BCUT2D eigenvalue weighted by molar-refractivity contribution is 5.44. The SMILES string of the molecule is C[N+]1(C)CC[C@@H](c2ccc(F)cc2)[C@H](CCc2ccc3c(c2)OCO3)C1. The molecule has 1 fully saturated rings. The molecule has 2 heterocycles. The molecule has 2 aromatic rings. The molecule has 4 rings (SSSR count). The molecule has 0 saturated carbocycles. The zero-order valence-electron chi connectivity index (χ0n) is 15.6. The van der Waals surface area contributed by atoms with Crippen LogP contribution in [0.4, 0.5) is 4.39 Å². The Hall–Kier alpha value is -2.07. The molecule has 0 aliphatic carbocycles. The van der Waals surface area contributed by atoms with E-state index in [1.165, 1.54) is 17.7 Å². The Bertz CT molecular complexity index is 772. The van der Waals surface area contributed by atoms with Gasteiger partial charge in [-0.1, -0.05) is 18.2 Å². The number of benzene rings is 2. The summed E-state index contributed by atoms with van der Waals surface area (Å²) in [6, 6.07) is 13.4. The van der Waals surface area contributed by atoms with E-state index in [-0.39, 0.29) is 5.82 Å². The Kier molecular flexibility index (Phi) is 4.62. The Balaban J connectivity index is 1.49. The topological polar surface area (TPSA) is 18.5 Å². The summed E-state index contributed by atoms with van der Waals surface area (Å²) in [5, 5.41) is 0. The number of nitrogens with zero attached hydrogens (tertiary/aromatic N) is 1. The summed E-state index contributed by atoms with van der Waals surface area (Å²) in [5.74, 6) is 2.65. The Morgan fingerprint density at radius 2 is 1.81 bits per heavy atom. The molecule has 0 aromatic heterocycles. The first-order valence-electron chi connectivity index (χ1n) is 9.46. The normalized spacial score (nSPS) is 23.8. The molecule has 1 saturated heterocycles. The molecule has 0 radical (unpaired) electrons. The maximum Gasteiger partial charge on any atom is 0.231 e. The molecule has 2 aliphatic heterocycles. The second-order valence-corrected chi connectivity index (χ2v) is 8.28. The van der Waals surface area contributed by atoms with Crippen LogP contribution in [0.2, 0.25) is 0 Å². The summed E-state index contributed by atoms with van der Waals surface area (Å²) in [6.45, 7) is 2.65. The maximum absolute atomic E-state index is 13.3. The van der Waals surface area contributed by atoms with Gasteiger partial charge in [0, 0.05) is 12.3 Å². The molecule has 0 amide bonds. The number of rotatable bonds is 4. The zero-order chi connectivity index (χ0) is 18.1. The van der Waals surface area contributed by atoms with Gasteiger partial charge in [-0.15, -0.1) is 0 Å². The van der Waals surface area contributed by atoms with Gasteiger partial charge in [0.25, 0.3) is 0 Å². The molecule has 0 N–H and O–H groups in total. The third-order valence-corrected chi connectivity index (χ3v) is 5.88. The first-order chi connectivity index (χ1) is 12.5. The van der Waals surface area contributed by atoms with E-state index in [0.29, 0.717) is 18.6 Å².